The van der Waals surface area contributed by atoms with E-state index >= 15 is 0 Å². The zero-order valence-corrected chi connectivity index (χ0v) is 7.65. The number of rotatable bonds is 6. The molecular formula is C9H19NO. The van der Waals surface area contributed by atoms with Gasteiger partial charge in [0, 0.05) is 19.1 Å². The largest absolute Gasteiger partial charge is 0.384 e. The van der Waals surface area contributed by atoms with Gasteiger partial charge in [-0.05, 0) is 25.8 Å². The van der Waals surface area contributed by atoms with Crippen LogP contribution in [0.1, 0.15) is 26.2 Å². The summed E-state index contributed by atoms with van der Waals surface area (Å²) in [5.41, 5.74) is 0.518. The average molecular weight is 157 g/mol. The molecule has 0 aromatic heterocycles. The van der Waals surface area contributed by atoms with Crippen LogP contribution in [0.15, 0.2) is 0 Å². The molecule has 0 amide bonds. The van der Waals surface area contributed by atoms with Gasteiger partial charge in [0.1, 0.15) is 0 Å². The van der Waals surface area contributed by atoms with Gasteiger partial charge in [-0.1, -0.05) is 6.92 Å². The lowest BCUT2D eigenvalue weighted by molar-refractivity contribution is 0.140. The fraction of sp³-hybridized carbons (Fsp3) is 1.00. The molecule has 1 aliphatic carbocycles. The van der Waals surface area contributed by atoms with E-state index in [1.807, 2.05) is 0 Å². The smallest absolute Gasteiger partial charge is 0.0530 e. The van der Waals surface area contributed by atoms with Gasteiger partial charge in [0.2, 0.25) is 0 Å². The minimum Gasteiger partial charge on any atom is -0.384 e. The Morgan fingerprint density at radius 3 is 2.64 bits per heavy atom. The van der Waals surface area contributed by atoms with Gasteiger partial charge in [0.15, 0.2) is 0 Å². The van der Waals surface area contributed by atoms with Crippen molar-refractivity contribution in [2.45, 2.75) is 26.2 Å². The van der Waals surface area contributed by atoms with Gasteiger partial charge in [-0.15, -0.1) is 0 Å². The van der Waals surface area contributed by atoms with Gasteiger partial charge in [-0.3, -0.25) is 0 Å². The molecule has 0 saturated heterocycles. The molecule has 11 heavy (non-hydrogen) atoms. The summed E-state index contributed by atoms with van der Waals surface area (Å²) < 4.78 is 5.16. The van der Waals surface area contributed by atoms with Crippen LogP contribution in [0.5, 0.6) is 0 Å². The predicted molar refractivity (Wildman–Crippen MR) is 46.7 cm³/mol. The first-order chi connectivity index (χ1) is 5.33. The van der Waals surface area contributed by atoms with Crippen molar-refractivity contribution in [3.8, 4) is 0 Å². The van der Waals surface area contributed by atoms with E-state index in [1.54, 1.807) is 7.11 Å². The topological polar surface area (TPSA) is 21.3 Å². The maximum atomic E-state index is 5.16. The lowest BCUT2D eigenvalue weighted by Crippen LogP contribution is -2.27. The van der Waals surface area contributed by atoms with E-state index in [1.165, 1.54) is 19.3 Å². The molecule has 1 fully saturated rings. The summed E-state index contributed by atoms with van der Waals surface area (Å²) in [5, 5.41) is 3.44. The molecule has 0 unspecified atom stereocenters. The number of ether oxygens (including phenoxy) is 1. The number of nitrogens with one attached hydrogen (secondary N) is 1. The van der Waals surface area contributed by atoms with Crippen molar-refractivity contribution in [3.05, 3.63) is 0 Å². The third-order valence-corrected chi connectivity index (χ3v) is 2.33. The van der Waals surface area contributed by atoms with Gasteiger partial charge in [-0.2, -0.15) is 0 Å². The van der Waals surface area contributed by atoms with Crippen LogP contribution in [0, 0.1) is 5.41 Å². The zero-order chi connectivity index (χ0) is 8.16. The predicted octanol–water partition coefficient (Wildman–Crippen LogP) is 1.41. The van der Waals surface area contributed by atoms with Crippen LogP contribution in [-0.4, -0.2) is 26.8 Å². The zero-order valence-electron chi connectivity index (χ0n) is 7.65. The van der Waals surface area contributed by atoms with Gasteiger partial charge < -0.3 is 10.1 Å². The molecule has 1 aliphatic rings. The molecule has 2 nitrogen and oxygen atoms in total. The van der Waals surface area contributed by atoms with E-state index in [0.717, 1.165) is 19.7 Å². The van der Waals surface area contributed by atoms with Crippen molar-refractivity contribution in [2.75, 3.05) is 26.8 Å². The first-order valence-corrected chi connectivity index (χ1v) is 4.53. The first-order valence-electron chi connectivity index (χ1n) is 4.53. The van der Waals surface area contributed by atoms with Crippen molar-refractivity contribution < 1.29 is 4.74 Å². The van der Waals surface area contributed by atoms with E-state index in [9.17, 15) is 0 Å². The molecule has 1 saturated carbocycles. The highest BCUT2D eigenvalue weighted by molar-refractivity contribution is 4.94. The molecule has 0 bridgehead atoms. The standard InChI is InChI=1S/C9H19NO/c1-3-6-10-7-9(4-5-9)8-11-2/h10H,3-8H2,1-2H3. The van der Waals surface area contributed by atoms with Crippen LogP contribution in [-0.2, 0) is 4.74 Å². The molecule has 1 rings (SSSR count). The van der Waals surface area contributed by atoms with E-state index < -0.39 is 0 Å². The summed E-state index contributed by atoms with van der Waals surface area (Å²) in [6.07, 6.45) is 3.91. The molecule has 1 N–H and O–H groups in total. The molecule has 0 aromatic carbocycles. The minimum atomic E-state index is 0.518. The molecule has 0 radical (unpaired) electrons. The summed E-state index contributed by atoms with van der Waals surface area (Å²) in [5.74, 6) is 0. The van der Waals surface area contributed by atoms with E-state index in [2.05, 4.69) is 12.2 Å². The highest BCUT2D eigenvalue weighted by Gasteiger charge is 2.41. The van der Waals surface area contributed by atoms with E-state index in [-0.39, 0.29) is 0 Å². The Hall–Kier alpha value is -0.0800. The molecule has 2 heteroatoms. The second-order valence-electron chi connectivity index (χ2n) is 3.61. The molecular weight excluding hydrogens is 138 g/mol. The van der Waals surface area contributed by atoms with Crippen LogP contribution in [0.2, 0.25) is 0 Å². The van der Waals surface area contributed by atoms with Crippen LogP contribution >= 0.6 is 0 Å². The molecule has 0 aromatic rings. The fourth-order valence-corrected chi connectivity index (χ4v) is 1.39. The maximum Gasteiger partial charge on any atom is 0.0530 e. The van der Waals surface area contributed by atoms with E-state index in [4.69, 9.17) is 4.74 Å². The Morgan fingerprint density at radius 1 is 1.45 bits per heavy atom. The number of hydrogen-bond donors (Lipinski definition) is 1. The Balaban J connectivity index is 2.04. The Bertz CT molecular complexity index is 110. The van der Waals surface area contributed by atoms with Crippen LogP contribution in [0.4, 0.5) is 0 Å². The summed E-state index contributed by atoms with van der Waals surface area (Å²) >= 11 is 0. The van der Waals surface area contributed by atoms with Crippen molar-refractivity contribution >= 4 is 0 Å². The first kappa shape index (κ1) is 9.01. The van der Waals surface area contributed by atoms with Gasteiger partial charge in [0.25, 0.3) is 0 Å². The van der Waals surface area contributed by atoms with Crippen LogP contribution < -0.4 is 5.32 Å². The van der Waals surface area contributed by atoms with Crippen molar-refractivity contribution in [3.63, 3.8) is 0 Å². The summed E-state index contributed by atoms with van der Waals surface area (Å²) in [7, 11) is 1.79. The average Bonchev–Trinajstić information content (AvgIpc) is 2.71. The second-order valence-corrected chi connectivity index (χ2v) is 3.61. The fourth-order valence-electron chi connectivity index (χ4n) is 1.39. The second kappa shape index (κ2) is 4.07. The third-order valence-electron chi connectivity index (χ3n) is 2.33. The highest BCUT2D eigenvalue weighted by atomic mass is 16.5. The summed E-state index contributed by atoms with van der Waals surface area (Å²) in [6.45, 7) is 5.42. The van der Waals surface area contributed by atoms with Gasteiger partial charge in [-0.25, -0.2) is 0 Å². The maximum absolute atomic E-state index is 5.16. The highest BCUT2D eigenvalue weighted by Crippen LogP contribution is 2.44. The quantitative estimate of drug-likeness (QED) is 0.589. The normalized spacial score (nSPS) is 20.2. The Kier molecular flexibility index (Phi) is 3.34. The molecule has 0 aliphatic heterocycles. The van der Waals surface area contributed by atoms with Crippen molar-refractivity contribution in [1.82, 2.24) is 5.32 Å². The molecule has 0 heterocycles. The lowest BCUT2D eigenvalue weighted by Gasteiger charge is -2.13. The van der Waals surface area contributed by atoms with Crippen molar-refractivity contribution in [2.24, 2.45) is 5.41 Å². The minimum absolute atomic E-state index is 0.518. The van der Waals surface area contributed by atoms with Gasteiger partial charge >= 0.3 is 0 Å². The van der Waals surface area contributed by atoms with Gasteiger partial charge in [0.05, 0.1) is 6.61 Å². The monoisotopic (exact) mass is 157 g/mol. The lowest BCUT2D eigenvalue weighted by atomic mass is 10.1. The number of methoxy groups -OCH3 is 1. The summed E-state index contributed by atoms with van der Waals surface area (Å²) in [4.78, 5) is 0. The Morgan fingerprint density at radius 2 is 2.18 bits per heavy atom. The Labute approximate surface area is 69.3 Å². The van der Waals surface area contributed by atoms with Crippen molar-refractivity contribution in [1.29, 1.82) is 0 Å². The van der Waals surface area contributed by atoms with Crippen LogP contribution in [0.25, 0.3) is 0 Å². The number of hydrogen-bond acceptors (Lipinski definition) is 2. The summed E-state index contributed by atoms with van der Waals surface area (Å²) in [6, 6.07) is 0. The third kappa shape index (κ3) is 2.80. The molecule has 66 valence electrons. The SMILES string of the molecule is CCCNCC1(COC)CC1. The molecule has 0 atom stereocenters. The molecule has 0 spiro atoms. The van der Waals surface area contributed by atoms with Crippen LogP contribution in [0.3, 0.4) is 0 Å². The van der Waals surface area contributed by atoms with E-state index in [0.29, 0.717) is 5.41 Å².